The van der Waals surface area contributed by atoms with Gasteiger partial charge in [0.1, 0.15) is 0 Å². The number of nitrogens with zero attached hydrogens (tertiary/aromatic N) is 1. The number of methoxy groups -OCH3 is 2. The minimum absolute atomic E-state index is 0.0659. The lowest BCUT2D eigenvalue weighted by Crippen LogP contribution is -2.49. The molecule has 0 aliphatic carbocycles. The number of carbonyl (C=O) groups excluding carboxylic acids is 1. The van der Waals surface area contributed by atoms with Gasteiger partial charge in [0, 0.05) is 18.0 Å². The van der Waals surface area contributed by atoms with Crippen LogP contribution in [0.1, 0.15) is 31.9 Å². The van der Waals surface area contributed by atoms with Gasteiger partial charge in [0.2, 0.25) is 5.91 Å². The van der Waals surface area contributed by atoms with E-state index in [9.17, 15) is 4.79 Å². The first-order valence-corrected chi connectivity index (χ1v) is 9.58. The van der Waals surface area contributed by atoms with Crippen LogP contribution in [0.2, 0.25) is 0 Å². The molecule has 2 aromatic rings. The van der Waals surface area contributed by atoms with Crippen molar-refractivity contribution in [3.05, 3.63) is 53.6 Å². The Labute approximate surface area is 162 Å². The predicted octanol–water partition coefficient (Wildman–Crippen LogP) is 4.50. The van der Waals surface area contributed by atoms with Crippen LogP contribution in [0.25, 0.3) is 0 Å². The van der Waals surface area contributed by atoms with E-state index in [1.54, 1.807) is 14.2 Å². The van der Waals surface area contributed by atoms with Crippen molar-refractivity contribution in [2.24, 2.45) is 11.8 Å². The van der Waals surface area contributed by atoms with Crippen molar-refractivity contribution in [1.29, 1.82) is 0 Å². The fraction of sp³-hybridized carbons (Fsp3) is 0.435. The maximum Gasteiger partial charge on any atom is 0.229 e. The monoisotopic (exact) mass is 367 g/mol. The highest BCUT2D eigenvalue weighted by Crippen LogP contribution is 2.42. The van der Waals surface area contributed by atoms with E-state index in [0.29, 0.717) is 17.4 Å². The van der Waals surface area contributed by atoms with E-state index in [0.717, 1.165) is 24.1 Å². The highest BCUT2D eigenvalue weighted by atomic mass is 16.5. The Morgan fingerprint density at radius 2 is 1.74 bits per heavy atom. The minimum Gasteiger partial charge on any atom is -0.493 e. The van der Waals surface area contributed by atoms with Crippen LogP contribution in [0.4, 0.5) is 5.69 Å². The first-order chi connectivity index (χ1) is 13.0. The summed E-state index contributed by atoms with van der Waals surface area (Å²) in [6.07, 6.45) is 1.85. The van der Waals surface area contributed by atoms with Crippen LogP contribution in [0.15, 0.2) is 42.5 Å². The maximum atomic E-state index is 13.1. The first kappa shape index (κ1) is 19.3. The molecule has 0 unspecified atom stereocenters. The van der Waals surface area contributed by atoms with Crippen LogP contribution < -0.4 is 14.4 Å². The smallest absolute Gasteiger partial charge is 0.229 e. The Morgan fingerprint density at radius 3 is 2.33 bits per heavy atom. The van der Waals surface area contributed by atoms with Gasteiger partial charge in [0.25, 0.3) is 0 Å². The average molecular weight is 367 g/mol. The van der Waals surface area contributed by atoms with Crippen LogP contribution >= 0.6 is 0 Å². The summed E-state index contributed by atoms with van der Waals surface area (Å²) in [5, 5.41) is 0. The lowest BCUT2D eigenvalue weighted by Gasteiger charge is -2.42. The van der Waals surface area contributed by atoms with Gasteiger partial charge in [0.05, 0.1) is 19.9 Å². The number of fused-ring (bicyclic) bond motifs is 1. The van der Waals surface area contributed by atoms with Gasteiger partial charge in [-0.1, -0.05) is 44.2 Å². The standard InChI is InChI=1S/C23H29NO3/c1-15(2)23(25)24-16(3)18(11-17-9-7-6-8-10-17)12-19-13-21(26-4)22(27-5)14-20(19)24/h6-10,13-16,18H,11-12H2,1-5H3/t16-,18-/m1/s1. The van der Waals surface area contributed by atoms with E-state index in [2.05, 4.69) is 31.2 Å². The van der Waals surface area contributed by atoms with Gasteiger partial charge < -0.3 is 14.4 Å². The zero-order valence-electron chi connectivity index (χ0n) is 16.9. The fourth-order valence-electron chi connectivity index (χ4n) is 3.94. The number of carbonyl (C=O) groups is 1. The van der Waals surface area contributed by atoms with Crippen LogP contribution in [0, 0.1) is 11.8 Å². The summed E-state index contributed by atoms with van der Waals surface area (Å²) in [5.41, 5.74) is 3.39. The largest absolute Gasteiger partial charge is 0.493 e. The molecule has 0 fully saturated rings. The SMILES string of the molecule is COc1cc2c(cc1OC)N(C(=O)C(C)C)[C@H](C)[C@H](Cc1ccccc1)C2. The molecular formula is C23H29NO3. The third-order valence-electron chi connectivity index (χ3n) is 5.49. The topological polar surface area (TPSA) is 38.8 Å². The van der Waals surface area contributed by atoms with Crippen molar-refractivity contribution in [2.45, 2.75) is 39.7 Å². The predicted molar refractivity (Wildman–Crippen MR) is 109 cm³/mol. The zero-order chi connectivity index (χ0) is 19.6. The second-order valence-corrected chi connectivity index (χ2v) is 7.59. The number of ether oxygens (including phenoxy) is 2. The van der Waals surface area contributed by atoms with Gasteiger partial charge in [-0.25, -0.2) is 0 Å². The summed E-state index contributed by atoms with van der Waals surface area (Å²) in [7, 11) is 3.28. The number of hydrogen-bond donors (Lipinski definition) is 0. The summed E-state index contributed by atoms with van der Waals surface area (Å²) in [4.78, 5) is 15.0. The van der Waals surface area contributed by atoms with Crippen LogP contribution in [0.5, 0.6) is 11.5 Å². The van der Waals surface area contributed by atoms with Crippen LogP contribution in [0.3, 0.4) is 0 Å². The van der Waals surface area contributed by atoms with E-state index in [1.165, 1.54) is 5.56 Å². The molecule has 0 aromatic heterocycles. The molecular weight excluding hydrogens is 338 g/mol. The summed E-state index contributed by atoms with van der Waals surface area (Å²) in [6, 6.07) is 14.6. The molecule has 0 saturated carbocycles. The molecule has 3 rings (SSSR count). The highest BCUT2D eigenvalue weighted by molar-refractivity contribution is 5.97. The van der Waals surface area contributed by atoms with Crippen molar-refractivity contribution in [2.75, 3.05) is 19.1 Å². The van der Waals surface area contributed by atoms with Gasteiger partial charge in [-0.2, -0.15) is 0 Å². The second kappa shape index (κ2) is 8.03. The lowest BCUT2D eigenvalue weighted by molar-refractivity contribution is -0.122. The van der Waals surface area contributed by atoms with E-state index in [-0.39, 0.29) is 17.9 Å². The molecule has 1 heterocycles. The van der Waals surface area contributed by atoms with E-state index < -0.39 is 0 Å². The number of anilines is 1. The van der Waals surface area contributed by atoms with Crippen LogP contribution in [-0.2, 0) is 17.6 Å². The Bertz CT molecular complexity index is 801. The molecule has 27 heavy (non-hydrogen) atoms. The molecule has 4 nitrogen and oxygen atoms in total. The summed E-state index contributed by atoms with van der Waals surface area (Å²) >= 11 is 0. The third-order valence-corrected chi connectivity index (χ3v) is 5.49. The highest BCUT2D eigenvalue weighted by Gasteiger charge is 2.36. The van der Waals surface area contributed by atoms with Gasteiger partial charge >= 0.3 is 0 Å². The molecule has 1 amide bonds. The molecule has 1 aliphatic rings. The Morgan fingerprint density at radius 1 is 1.11 bits per heavy atom. The Kier molecular flexibility index (Phi) is 5.73. The van der Waals surface area contributed by atoms with Crippen molar-refractivity contribution in [1.82, 2.24) is 0 Å². The van der Waals surface area contributed by atoms with Crippen molar-refractivity contribution < 1.29 is 14.3 Å². The van der Waals surface area contributed by atoms with E-state index >= 15 is 0 Å². The molecule has 0 N–H and O–H groups in total. The number of amides is 1. The molecule has 0 bridgehead atoms. The third kappa shape index (κ3) is 3.80. The van der Waals surface area contributed by atoms with E-state index in [1.807, 2.05) is 36.9 Å². The Balaban J connectivity index is 2.04. The van der Waals surface area contributed by atoms with Gasteiger partial charge in [0.15, 0.2) is 11.5 Å². The lowest BCUT2D eigenvalue weighted by atomic mass is 9.81. The Hall–Kier alpha value is -2.49. The molecule has 2 atom stereocenters. The van der Waals surface area contributed by atoms with Crippen molar-refractivity contribution in [3.63, 3.8) is 0 Å². The quantitative estimate of drug-likeness (QED) is 0.781. The van der Waals surface area contributed by atoms with Gasteiger partial charge in [-0.05, 0) is 42.9 Å². The van der Waals surface area contributed by atoms with Gasteiger partial charge in [-0.15, -0.1) is 0 Å². The number of benzene rings is 2. The normalized spacial score (nSPS) is 19.0. The molecule has 0 saturated heterocycles. The van der Waals surface area contributed by atoms with Crippen molar-refractivity contribution in [3.8, 4) is 11.5 Å². The fourth-order valence-corrected chi connectivity index (χ4v) is 3.94. The summed E-state index contributed by atoms with van der Waals surface area (Å²) < 4.78 is 11.0. The average Bonchev–Trinajstić information content (AvgIpc) is 2.68. The summed E-state index contributed by atoms with van der Waals surface area (Å²) in [5.74, 6) is 1.80. The van der Waals surface area contributed by atoms with E-state index in [4.69, 9.17) is 9.47 Å². The molecule has 4 heteroatoms. The molecule has 144 valence electrons. The maximum absolute atomic E-state index is 13.1. The number of rotatable bonds is 5. The first-order valence-electron chi connectivity index (χ1n) is 9.58. The summed E-state index contributed by atoms with van der Waals surface area (Å²) in [6.45, 7) is 6.07. The zero-order valence-corrected chi connectivity index (χ0v) is 16.9. The molecule has 0 radical (unpaired) electrons. The van der Waals surface area contributed by atoms with Crippen LogP contribution in [-0.4, -0.2) is 26.2 Å². The molecule has 2 aromatic carbocycles. The number of hydrogen-bond acceptors (Lipinski definition) is 3. The van der Waals surface area contributed by atoms with Gasteiger partial charge in [-0.3, -0.25) is 4.79 Å². The second-order valence-electron chi connectivity index (χ2n) is 7.59. The molecule has 0 spiro atoms. The minimum atomic E-state index is -0.0659. The van der Waals surface area contributed by atoms with Crippen molar-refractivity contribution >= 4 is 11.6 Å². The molecule has 1 aliphatic heterocycles.